The van der Waals surface area contributed by atoms with Crippen molar-refractivity contribution in [3.8, 4) is 0 Å². The predicted molar refractivity (Wildman–Crippen MR) is 131 cm³/mol. The Hall–Kier alpha value is -3.55. The summed E-state index contributed by atoms with van der Waals surface area (Å²) in [5, 5.41) is 10.4. The van der Waals surface area contributed by atoms with E-state index in [1.807, 2.05) is 49.7 Å². The maximum absolute atomic E-state index is 13.6. The van der Waals surface area contributed by atoms with Gasteiger partial charge in [-0.2, -0.15) is 5.10 Å². The lowest BCUT2D eigenvalue weighted by molar-refractivity contribution is 0.0976. The van der Waals surface area contributed by atoms with Crippen LogP contribution in [0, 0.1) is 25.5 Å². The number of hydrogen-bond acceptors (Lipinski definition) is 3. The van der Waals surface area contributed by atoms with Gasteiger partial charge in [-0.05, 0) is 74.6 Å². The van der Waals surface area contributed by atoms with Gasteiger partial charge in [0.05, 0.1) is 5.69 Å². The molecule has 0 aliphatic carbocycles. The quantitative estimate of drug-likeness (QED) is 0.363. The van der Waals surface area contributed by atoms with Crippen molar-refractivity contribution in [2.45, 2.75) is 53.5 Å². The molecule has 3 aromatic rings. The number of aryl methyl sites for hydroxylation is 2. The first kappa shape index (κ1) is 25.1. The summed E-state index contributed by atoms with van der Waals surface area (Å²) in [5.41, 5.74) is 5.12. The van der Waals surface area contributed by atoms with Crippen LogP contribution >= 0.6 is 0 Å². The van der Waals surface area contributed by atoms with Crippen LogP contribution in [0.1, 0.15) is 59.6 Å². The molecular weight excluding hydrogens is 436 g/mol. The van der Waals surface area contributed by atoms with Gasteiger partial charge in [-0.3, -0.25) is 19.8 Å². The van der Waals surface area contributed by atoms with E-state index >= 15 is 0 Å². The molecule has 2 N–H and O–H groups in total. The standard InChI is InChI=1S/C26H31F2N5O/c1-6-33-18(5)22(17(4)32-33)13-14-29-26(30-21-10-7-19(8-11-21)16(2)3)31-25(34)20-9-12-23(27)24(28)15-20/h7-12,15-16H,6,13-14H2,1-5H3,(H2,29,30,31,34). The van der Waals surface area contributed by atoms with Gasteiger partial charge in [0.1, 0.15) is 0 Å². The molecule has 0 saturated carbocycles. The average Bonchev–Trinajstić information content (AvgIpc) is 3.08. The first-order chi connectivity index (χ1) is 16.2. The molecule has 0 saturated heterocycles. The largest absolute Gasteiger partial charge is 0.326 e. The van der Waals surface area contributed by atoms with E-state index in [9.17, 15) is 13.6 Å². The van der Waals surface area contributed by atoms with E-state index in [0.29, 0.717) is 18.9 Å². The van der Waals surface area contributed by atoms with Crippen LogP contribution in [0.5, 0.6) is 0 Å². The Balaban J connectivity index is 1.80. The fourth-order valence-corrected chi connectivity index (χ4v) is 3.70. The average molecular weight is 468 g/mol. The molecule has 0 aliphatic heterocycles. The summed E-state index contributed by atoms with van der Waals surface area (Å²) < 4.78 is 28.8. The van der Waals surface area contributed by atoms with Crippen LogP contribution in [0.2, 0.25) is 0 Å². The number of carbonyl (C=O) groups excluding carboxylic acids is 1. The molecule has 3 rings (SSSR count). The Bertz CT molecular complexity index is 1180. The molecule has 6 nitrogen and oxygen atoms in total. The first-order valence-corrected chi connectivity index (χ1v) is 11.4. The van der Waals surface area contributed by atoms with Gasteiger partial charge >= 0.3 is 0 Å². The zero-order valence-electron chi connectivity index (χ0n) is 20.2. The lowest BCUT2D eigenvalue weighted by atomic mass is 10.0. The third kappa shape index (κ3) is 6.07. The molecule has 1 aromatic heterocycles. The fourth-order valence-electron chi connectivity index (χ4n) is 3.70. The number of aliphatic imine (C=N–C) groups is 1. The molecular formula is C26H31F2N5O. The Kier molecular flexibility index (Phi) is 8.15. The monoisotopic (exact) mass is 467 g/mol. The number of carbonyl (C=O) groups is 1. The normalized spacial score (nSPS) is 11.7. The minimum absolute atomic E-state index is 0.000494. The molecule has 0 radical (unpaired) electrons. The first-order valence-electron chi connectivity index (χ1n) is 11.4. The van der Waals surface area contributed by atoms with Gasteiger partial charge in [-0.15, -0.1) is 0 Å². The van der Waals surface area contributed by atoms with Crippen molar-refractivity contribution in [3.63, 3.8) is 0 Å². The number of halogens is 2. The number of benzene rings is 2. The van der Waals surface area contributed by atoms with E-state index in [1.165, 1.54) is 11.6 Å². The third-order valence-electron chi connectivity index (χ3n) is 5.72. The lowest BCUT2D eigenvalue weighted by Crippen LogP contribution is -2.36. The fraction of sp³-hybridized carbons (Fsp3) is 0.346. The van der Waals surface area contributed by atoms with Crippen molar-refractivity contribution in [3.05, 3.63) is 82.2 Å². The van der Waals surface area contributed by atoms with Crippen LogP contribution in [0.15, 0.2) is 47.5 Å². The zero-order chi connectivity index (χ0) is 24.8. The van der Waals surface area contributed by atoms with E-state index in [-0.39, 0.29) is 11.5 Å². The second kappa shape index (κ2) is 11.0. The van der Waals surface area contributed by atoms with Crippen LogP contribution in [0.4, 0.5) is 14.5 Å². The lowest BCUT2D eigenvalue weighted by Gasteiger charge is -2.13. The Labute approximate surface area is 199 Å². The van der Waals surface area contributed by atoms with E-state index in [1.54, 1.807) is 0 Å². The Morgan fingerprint density at radius 1 is 1.09 bits per heavy atom. The summed E-state index contributed by atoms with van der Waals surface area (Å²) in [6.45, 7) is 11.5. The topological polar surface area (TPSA) is 71.3 Å². The SMILES string of the molecule is CCn1nc(C)c(CCN=C(NC(=O)c2ccc(F)c(F)c2)Nc2ccc(C(C)C)cc2)c1C. The van der Waals surface area contributed by atoms with Gasteiger partial charge < -0.3 is 5.32 Å². The van der Waals surface area contributed by atoms with E-state index < -0.39 is 17.5 Å². The number of hydrogen-bond donors (Lipinski definition) is 2. The number of rotatable bonds is 7. The van der Waals surface area contributed by atoms with Crippen molar-refractivity contribution in [2.75, 3.05) is 11.9 Å². The number of aromatic nitrogens is 2. The summed E-state index contributed by atoms with van der Waals surface area (Å²) in [5.74, 6) is -2.06. The molecule has 34 heavy (non-hydrogen) atoms. The molecule has 1 heterocycles. The molecule has 0 unspecified atom stereocenters. The summed E-state index contributed by atoms with van der Waals surface area (Å²) in [6, 6.07) is 10.9. The summed E-state index contributed by atoms with van der Waals surface area (Å²) in [7, 11) is 0. The van der Waals surface area contributed by atoms with Crippen LogP contribution in [0.3, 0.4) is 0 Å². The zero-order valence-corrected chi connectivity index (χ0v) is 20.2. The molecule has 0 bridgehead atoms. The van der Waals surface area contributed by atoms with Crippen molar-refractivity contribution in [1.82, 2.24) is 15.1 Å². The maximum atomic E-state index is 13.6. The highest BCUT2D eigenvalue weighted by Gasteiger charge is 2.14. The number of nitrogens with one attached hydrogen (secondary N) is 2. The van der Waals surface area contributed by atoms with E-state index in [0.717, 1.165) is 41.3 Å². The molecule has 1 amide bonds. The summed E-state index contributed by atoms with van der Waals surface area (Å²) in [4.78, 5) is 17.3. The second-order valence-corrected chi connectivity index (χ2v) is 8.43. The van der Waals surface area contributed by atoms with Crippen molar-refractivity contribution < 1.29 is 13.6 Å². The van der Waals surface area contributed by atoms with Gasteiger partial charge in [0.2, 0.25) is 5.96 Å². The molecule has 0 atom stereocenters. The van der Waals surface area contributed by atoms with E-state index in [4.69, 9.17) is 0 Å². The Morgan fingerprint density at radius 3 is 2.38 bits per heavy atom. The van der Waals surface area contributed by atoms with Crippen molar-refractivity contribution >= 4 is 17.6 Å². The van der Waals surface area contributed by atoms with Gasteiger partial charge in [0, 0.05) is 30.0 Å². The molecule has 2 aromatic carbocycles. The highest BCUT2D eigenvalue weighted by atomic mass is 19.2. The predicted octanol–water partition coefficient (Wildman–Crippen LogP) is 5.36. The number of anilines is 1. The minimum Gasteiger partial charge on any atom is -0.326 e. The maximum Gasteiger partial charge on any atom is 0.258 e. The van der Waals surface area contributed by atoms with E-state index in [2.05, 4.69) is 34.6 Å². The Morgan fingerprint density at radius 2 is 1.79 bits per heavy atom. The van der Waals surface area contributed by atoms with Gasteiger partial charge in [0.15, 0.2) is 11.6 Å². The van der Waals surface area contributed by atoms with Crippen LogP contribution < -0.4 is 10.6 Å². The number of nitrogens with zero attached hydrogens (tertiary/aromatic N) is 3. The van der Waals surface area contributed by atoms with Crippen molar-refractivity contribution in [1.29, 1.82) is 0 Å². The van der Waals surface area contributed by atoms with Crippen molar-refractivity contribution in [2.24, 2.45) is 4.99 Å². The molecule has 0 spiro atoms. The second-order valence-electron chi connectivity index (χ2n) is 8.43. The minimum atomic E-state index is -1.08. The summed E-state index contributed by atoms with van der Waals surface area (Å²) >= 11 is 0. The van der Waals surface area contributed by atoms with Gasteiger partial charge in [-0.1, -0.05) is 26.0 Å². The smallest absolute Gasteiger partial charge is 0.258 e. The van der Waals surface area contributed by atoms with Crippen LogP contribution in [0.25, 0.3) is 0 Å². The highest BCUT2D eigenvalue weighted by molar-refractivity contribution is 6.09. The van der Waals surface area contributed by atoms with Crippen LogP contribution in [-0.4, -0.2) is 28.2 Å². The van der Waals surface area contributed by atoms with Gasteiger partial charge in [-0.25, -0.2) is 8.78 Å². The third-order valence-corrected chi connectivity index (χ3v) is 5.72. The van der Waals surface area contributed by atoms with Gasteiger partial charge in [0.25, 0.3) is 5.91 Å². The molecule has 8 heteroatoms. The summed E-state index contributed by atoms with van der Waals surface area (Å²) in [6.07, 6.45) is 0.649. The number of guanidine groups is 1. The molecule has 180 valence electrons. The molecule has 0 fully saturated rings. The number of amides is 1. The highest BCUT2D eigenvalue weighted by Crippen LogP contribution is 2.18. The molecule has 0 aliphatic rings. The van der Waals surface area contributed by atoms with Crippen LogP contribution in [-0.2, 0) is 13.0 Å².